The molecule has 2 atom stereocenters. The minimum atomic E-state index is -0.109. The largest absolute Gasteiger partial charge is 0.496 e. The molecule has 7 heteroatoms. The lowest BCUT2D eigenvalue weighted by molar-refractivity contribution is -0.139. The van der Waals surface area contributed by atoms with Gasteiger partial charge in [-0.25, -0.2) is 4.79 Å². The Kier molecular flexibility index (Phi) is 5.14. The number of carbonyl (C=O) groups excluding carboxylic acids is 2. The molecule has 3 amide bonds. The number of fused-ring (bicyclic) bond motifs is 1. The molecule has 3 saturated heterocycles. The number of hydrogen-bond donors (Lipinski definition) is 1. The number of morpholine rings is 1. The van der Waals surface area contributed by atoms with Crippen LogP contribution in [0.3, 0.4) is 0 Å². The minimum Gasteiger partial charge on any atom is -0.496 e. The average molecular weight is 383 g/mol. The van der Waals surface area contributed by atoms with Crippen molar-refractivity contribution in [1.82, 2.24) is 15.1 Å². The lowest BCUT2D eigenvalue weighted by Gasteiger charge is -2.45. The van der Waals surface area contributed by atoms with Crippen LogP contribution in [0.4, 0.5) is 4.79 Å². The molecule has 0 aliphatic carbocycles. The lowest BCUT2D eigenvalue weighted by atomic mass is 9.98. The Morgan fingerprint density at radius 1 is 1.29 bits per heavy atom. The van der Waals surface area contributed by atoms with Crippen LogP contribution in [-0.2, 0) is 9.53 Å². The summed E-state index contributed by atoms with van der Waals surface area (Å²) in [6.07, 6.45) is 0.769. The molecule has 0 spiro atoms. The molecule has 1 aromatic rings. The first kappa shape index (κ1) is 18.6. The number of carbonyl (C=O) groups is 2. The topological polar surface area (TPSA) is 71.1 Å². The molecule has 3 aliphatic heterocycles. The molecule has 3 heterocycles. The molecular formula is C21H25N3O4. The summed E-state index contributed by atoms with van der Waals surface area (Å²) in [4.78, 5) is 27.9. The van der Waals surface area contributed by atoms with Crippen molar-refractivity contribution in [3.05, 3.63) is 29.3 Å². The molecule has 1 unspecified atom stereocenters. The third-order valence-electron chi connectivity index (χ3n) is 5.66. The summed E-state index contributed by atoms with van der Waals surface area (Å²) < 4.78 is 10.9. The SMILES string of the molecule is COc1cccc(C#CC2CN(C(=O)N3CCC4OCC(=O)N[C@@H]4C3)C2)c1C. The van der Waals surface area contributed by atoms with E-state index in [9.17, 15) is 9.59 Å². The highest BCUT2D eigenvalue weighted by atomic mass is 16.5. The Morgan fingerprint density at radius 3 is 2.89 bits per heavy atom. The molecule has 7 nitrogen and oxygen atoms in total. The maximum Gasteiger partial charge on any atom is 0.320 e. The van der Waals surface area contributed by atoms with Crippen LogP contribution >= 0.6 is 0 Å². The van der Waals surface area contributed by atoms with E-state index in [1.807, 2.05) is 34.9 Å². The summed E-state index contributed by atoms with van der Waals surface area (Å²) in [6.45, 7) is 4.56. The van der Waals surface area contributed by atoms with Gasteiger partial charge in [0.1, 0.15) is 12.4 Å². The number of ether oxygens (including phenoxy) is 2. The van der Waals surface area contributed by atoms with Crippen molar-refractivity contribution in [3.8, 4) is 17.6 Å². The van der Waals surface area contributed by atoms with E-state index in [1.54, 1.807) is 7.11 Å². The molecule has 3 aliphatic rings. The van der Waals surface area contributed by atoms with Gasteiger partial charge in [0.05, 0.1) is 25.2 Å². The van der Waals surface area contributed by atoms with Crippen LogP contribution in [0, 0.1) is 24.7 Å². The van der Waals surface area contributed by atoms with E-state index >= 15 is 0 Å². The number of hydrogen-bond acceptors (Lipinski definition) is 4. The van der Waals surface area contributed by atoms with E-state index < -0.39 is 0 Å². The summed E-state index contributed by atoms with van der Waals surface area (Å²) in [5.74, 6) is 7.41. The van der Waals surface area contributed by atoms with Gasteiger partial charge in [0.25, 0.3) is 0 Å². The zero-order chi connectivity index (χ0) is 19.7. The van der Waals surface area contributed by atoms with Crippen LogP contribution in [0.1, 0.15) is 17.5 Å². The van der Waals surface area contributed by atoms with Crippen LogP contribution in [-0.4, -0.2) is 73.8 Å². The summed E-state index contributed by atoms with van der Waals surface area (Å²) in [7, 11) is 1.66. The van der Waals surface area contributed by atoms with E-state index in [-0.39, 0.29) is 36.6 Å². The molecule has 0 aromatic heterocycles. The van der Waals surface area contributed by atoms with Crippen LogP contribution in [0.5, 0.6) is 5.75 Å². The number of benzene rings is 1. The molecule has 1 aromatic carbocycles. The molecule has 3 fully saturated rings. The number of amides is 3. The highest BCUT2D eigenvalue weighted by Gasteiger charge is 2.39. The van der Waals surface area contributed by atoms with Gasteiger partial charge in [0.2, 0.25) is 5.91 Å². The third-order valence-corrected chi connectivity index (χ3v) is 5.66. The van der Waals surface area contributed by atoms with Crippen LogP contribution in [0.25, 0.3) is 0 Å². The fraction of sp³-hybridized carbons (Fsp3) is 0.524. The molecule has 148 valence electrons. The molecular weight excluding hydrogens is 358 g/mol. The fourth-order valence-electron chi connectivity index (χ4n) is 3.95. The van der Waals surface area contributed by atoms with Crippen molar-refractivity contribution < 1.29 is 19.1 Å². The van der Waals surface area contributed by atoms with Gasteiger partial charge in [-0.3, -0.25) is 4.79 Å². The first-order chi connectivity index (χ1) is 13.5. The van der Waals surface area contributed by atoms with Crippen LogP contribution in [0.2, 0.25) is 0 Å². The van der Waals surface area contributed by atoms with Crippen LogP contribution < -0.4 is 10.1 Å². The summed E-state index contributed by atoms with van der Waals surface area (Å²) >= 11 is 0. The number of methoxy groups -OCH3 is 1. The number of urea groups is 1. The van der Waals surface area contributed by atoms with Crippen molar-refractivity contribution in [2.45, 2.75) is 25.5 Å². The van der Waals surface area contributed by atoms with Gasteiger partial charge in [-0.2, -0.15) is 0 Å². The second-order valence-corrected chi connectivity index (χ2v) is 7.54. The Morgan fingerprint density at radius 2 is 2.11 bits per heavy atom. The van der Waals surface area contributed by atoms with Crippen molar-refractivity contribution in [3.63, 3.8) is 0 Å². The van der Waals surface area contributed by atoms with E-state index in [4.69, 9.17) is 9.47 Å². The molecule has 0 saturated carbocycles. The first-order valence-electron chi connectivity index (χ1n) is 9.65. The van der Waals surface area contributed by atoms with Gasteiger partial charge in [-0.05, 0) is 25.5 Å². The summed E-state index contributed by atoms with van der Waals surface area (Å²) in [5.41, 5.74) is 1.99. The lowest BCUT2D eigenvalue weighted by Crippen LogP contribution is -2.64. The van der Waals surface area contributed by atoms with Crippen LogP contribution in [0.15, 0.2) is 18.2 Å². The summed E-state index contributed by atoms with van der Waals surface area (Å²) in [5, 5.41) is 2.93. The second kappa shape index (κ2) is 7.72. The maximum atomic E-state index is 12.7. The third kappa shape index (κ3) is 3.65. The smallest absolute Gasteiger partial charge is 0.320 e. The Bertz CT molecular complexity index is 838. The van der Waals surface area contributed by atoms with Gasteiger partial charge in [0, 0.05) is 37.3 Å². The Labute approximate surface area is 165 Å². The van der Waals surface area contributed by atoms with Gasteiger partial charge >= 0.3 is 6.03 Å². The normalized spacial score (nSPS) is 24.4. The van der Waals surface area contributed by atoms with E-state index in [2.05, 4.69) is 17.2 Å². The van der Waals surface area contributed by atoms with Crippen molar-refractivity contribution in [2.24, 2.45) is 5.92 Å². The molecule has 0 bridgehead atoms. The second-order valence-electron chi connectivity index (χ2n) is 7.54. The van der Waals surface area contributed by atoms with Crippen molar-refractivity contribution in [2.75, 3.05) is 39.9 Å². The predicted octanol–water partition coefficient (Wildman–Crippen LogP) is 0.996. The average Bonchev–Trinajstić information content (AvgIpc) is 2.67. The number of piperidine rings is 1. The first-order valence-corrected chi connectivity index (χ1v) is 9.65. The van der Waals surface area contributed by atoms with E-state index in [1.165, 1.54) is 0 Å². The standard InChI is InChI=1S/C21H25N3O4/c1-14-16(4-3-5-18(14)27-2)7-6-15-10-24(11-15)21(26)23-9-8-19-17(12-23)22-20(25)13-28-19/h3-5,15,17,19H,8-13H2,1-2H3,(H,22,25)/t17-,19?/m1/s1. The number of likely N-dealkylation sites (tertiary alicyclic amines) is 2. The van der Waals surface area contributed by atoms with E-state index in [0.717, 1.165) is 23.3 Å². The van der Waals surface area contributed by atoms with Gasteiger partial charge in [0.15, 0.2) is 0 Å². The quantitative estimate of drug-likeness (QED) is 0.735. The molecule has 1 N–H and O–H groups in total. The van der Waals surface area contributed by atoms with Gasteiger partial charge < -0.3 is 24.6 Å². The fourth-order valence-corrected chi connectivity index (χ4v) is 3.95. The Hall–Kier alpha value is -2.72. The zero-order valence-electron chi connectivity index (χ0n) is 16.2. The van der Waals surface area contributed by atoms with Crippen molar-refractivity contribution >= 4 is 11.9 Å². The maximum absolute atomic E-state index is 12.7. The molecule has 0 radical (unpaired) electrons. The minimum absolute atomic E-state index is 0.0165. The van der Waals surface area contributed by atoms with E-state index in [0.29, 0.717) is 26.2 Å². The zero-order valence-corrected chi connectivity index (χ0v) is 16.2. The number of rotatable bonds is 1. The van der Waals surface area contributed by atoms with Gasteiger partial charge in [-0.15, -0.1) is 0 Å². The highest BCUT2D eigenvalue weighted by molar-refractivity contribution is 5.79. The number of nitrogens with one attached hydrogen (secondary N) is 1. The Balaban J connectivity index is 1.31. The monoisotopic (exact) mass is 383 g/mol. The summed E-state index contributed by atoms with van der Waals surface area (Å²) in [6, 6.07) is 5.76. The molecule has 28 heavy (non-hydrogen) atoms. The molecule has 4 rings (SSSR count). The highest BCUT2D eigenvalue weighted by Crippen LogP contribution is 2.23. The predicted molar refractivity (Wildman–Crippen MR) is 103 cm³/mol. The van der Waals surface area contributed by atoms with Crippen molar-refractivity contribution in [1.29, 1.82) is 0 Å². The number of nitrogens with zero attached hydrogens (tertiary/aromatic N) is 2. The van der Waals surface area contributed by atoms with Gasteiger partial charge in [-0.1, -0.05) is 17.9 Å².